The predicted octanol–water partition coefficient (Wildman–Crippen LogP) is 2.24. The number of nitrogens with zero attached hydrogens (tertiary/aromatic N) is 1. The van der Waals surface area contributed by atoms with Gasteiger partial charge in [-0.15, -0.1) is 0 Å². The maximum absolute atomic E-state index is 9.50. The average molecular weight is 165 g/mol. The van der Waals surface area contributed by atoms with Crippen LogP contribution < -0.4 is 4.90 Å². The van der Waals surface area contributed by atoms with Gasteiger partial charge in [0, 0.05) is 13.1 Å². The third-order valence-electron chi connectivity index (χ3n) is 1.99. The molecule has 0 aliphatic carbocycles. The van der Waals surface area contributed by atoms with Crippen molar-refractivity contribution in [2.75, 3.05) is 18.0 Å². The summed E-state index contributed by atoms with van der Waals surface area (Å²) in [6, 6.07) is 7.42. The van der Waals surface area contributed by atoms with Crippen LogP contribution in [-0.2, 0) is 0 Å². The highest BCUT2D eigenvalue weighted by Gasteiger charge is 2.04. The molecule has 0 saturated heterocycles. The first-order chi connectivity index (χ1) is 5.79. The molecule has 1 rings (SSSR count). The molecule has 0 bridgehead atoms. The SMILES string of the molecule is CCN(CC)c1ccccc1O. The average Bonchev–Trinajstić information content (AvgIpc) is 2.10. The highest BCUT2D eigenvalue weighted by molar-refractivity contribution is 5.57. The van der Waals surface area contributed by atoms with Crippen molar-refractivity contribution in [2.24, 2.45) is 0 Å². The Morgan fingerprint density at radius 2 is 1.75 bits per heavy atom. The van der Waals surface area contributed by atoms with Crippen molar-refractivity contribution in [2.45, 2.75) is 13.8 Å². The summed E-state index contributed by atoms with van der Waals surface area (Å²) in [5.41, 5.74) is 0.919. The normalized spacial score (nSPS) is 9.83. The number of anilines is 1. The largest absolute Gasteiger partial charge is 0.506 e. The smallest absolute Gasteiger partial charge is 0.138 e. The lowest BCUT2D eigenvalue weighted by molar-refractivity contribution is 0.474. The summed E-state index contributed by atoms with van der Waals surface area (Å²) in [6.07, 6.45) is 0. The number of hydrogen-bond acceptors (Lipinski definition) is 2. The van der Waals surface area contributed by atoms with Gasteiger partial charge in [0.1, 0.15) is 5.75 Å². The minimum atomic E-state index is 0.362. The Bertz CT molecular complexity index is 243. The van der Waals surface area contributed by atoms with Gasteiger partial charge >= 0.3 is 0 Å². The van der Waals surface area contributed by atoms with E-state index in [9.17, 15) is 5.11 Å². The topological polar surface area (TPSA) is 23.5 Å². The lowest BCUT2D eigenvalue weighted by Gasteiger charge is -2.21. The number of aromatic hydroxyl groups is 1. The maximum Gasteiger partial charge on any atom is 0.138 e. The van der Waals surface area contributed by atoms with Gasteiger partial charge in [0.2, 0.25) is 0 Å². The van der Waals surface area contributed by atoms with Gasteiger partial charge in [-0.2, -0.15) is 0 Å². The van der Waals surface area contributed by atoms with E-state index >= 15 is 0 Å². The van der Waals surface area contributed by atoms with Crippen molar-refractivity contribution in [1.82, 2.24) is 0 Å². The first-order valence-corrected chi connectivity index (χ1v) is 4.32. The van der Waals surface area contributed by atoms with Crippen molar-refractivity contribution in [1.29, 1.82) is 0 Å². The van der Waals surface area contributed by atoms with Crippen molar-refractivity contribution in [3.63, 3.8) is 0 Å². The van der Waals surface area contributed by atoms with Crippen LogP contribution in [0.4, 0.5) is 5.69 Å². The molecule has 0 fully saturated rings. The predicted molar refractivity (Wildman–Crippen MR) is 51.7 cm³/mol. The molecule has 0 unspecified atom stereocenters. The minimum absolute atomic E-state index is 0.362. The summed E-state index contributed by atoms with van der Waals surface area (Å²) in [6.45, 7) is 6.01. The summed E-state index contributed by atoms with van der Waals surface area (Å²) < 4.78 is 0. The van der Waals surface area contributed by atoms with Crippen LogP contribution in [0, 0.1) is 0 Å². The molecule has 1 aromatic rings. The summed E-state index contributed by atoms with van der Waals surface area (Å²) in [5, 5.41) is 9.50. The van der Waals surface area contributed by atoms with Gasteiger partial charge in [-0.3, -0.25) is 0 Å². The number of phenolic OH excluding ortho intramolecular Hbond substituents is 1. The lowest BCUT2D eigenvalue weighted by atomic mass is 10.2. The van der Waals surface area contributed by atoms with E-state index in [1.165, 1.54) is 0 Å². The van der Waals surface area contributed by atoms with E-state index in [-0.39, 0.29) is 0 Å². The fourth-order valence-corrected chi connectivity index (χ4v) is 1.30. The molecular weight excluding hydrogens is 150 g/mol. The molecular formula is C10H15NO. The van der Waals surface area contributed by atoms with E-state index in [2.05, 4.69) is 18.7 Å². The number of para-hydroxylation sites is 2. The Labute approximate surface area is 73.4 Å². The molecule has 0 atom stereocenters. The molecule has 0 aliphatic heterocycles. The van der Waals surface area contributed by atoms with E-state index in [0.29, 0.717) is 5.75 Å². The van der Waals surface area contributed by atoms with Gasteiger partial charge in [0.25, 0.3) is 0 Å². The van der Waals surface area contributed by atoms with Crippen LogP contribution in [0.5, 0.6) is 5.75 Å². The van der Waals surface area contributed by atoms with E-state index < -0.39 is 0 Å². The molecule has 0 amide bonds. The summed E-state index contributed by atoms with van der Waals surface area (Å²) >= 11 is 0. The lowest BCUT2D eigenvalue weighted by Crippen LogP contribution is -2.21. The molecule has 2 nitrogen and oxygen atoms in total. The third-order valence-corrected chi connectivity index (χ3v) is 1.99. The number of benzene rings is 1. The van der Waals surface area contributed by atoms with E-state index in [4.69, 9.17) is 0 Å². The molecule has 1 N–H and O–H groups in total. The Morgan fingerprint density at radius 1 is 1.17 bits per heavy atom. The second kappa shape index (κ2) is 4.00. The zero-order valence-electron chi connectivity index (χ0n) is 7.62. The van der Waals surface area contributed by atoms with Crippen molar-refractivity contribution in [3.05, 3.63) is 24.3 Å². The van der Waals surface area contributed by atoms with E-state index in [1.54, 1.807) is 6.07 Å². The Morgan fingerprint density at radius 3 is 2.25 bits per heavy atom. The first-order valence-electron chi connectivity index (χ1n) is 4.32. The van der Waals surface area contributed by atoms with Gasteiger partial charge < -0.3 is 10.0 Å². The zero-order chi connectivity index (χ0) is 8.97. The Balaban J connectivity index is 2.92. The summed E-state index contributed by atoms with van der Waals surface area (Å²) in [4.78, 5) is 2.12. The van der Waals surface area contributed by atoms with Gasteiger partial charge in [0.05, 0.1) is 5.69 Å². The van der Waals surface area contributed by atoms with Crippen LogP contribution in [0.15, 0.2) is 24.3 Å². The van der Waals surface area contributed by atoms with Gasteiger partial charge in [0.15, 0.2) is 0 Å². The molecule has 1 aromatic carbocycles. The molecule has 12 heavy (non-hydrogen) atoms. The maximum atomic E-state index is 9.50. The van der Waals surface area contributed by atoms with E-state index in [1.807, 2.05) is 18.2 Å². The van der Waals surface area contributed by atoms with Crippen LogP contribution in [0.1, 0.15) is 13.8 Å². The quantitative estimate of drug-likeness (QED) is 0.742. The third kappa shape index (κ3) is 1.70. The molecule has 0 radical (unpaired) electrons. The zero-order valence-corrected chi connectivity index (χ0v) is 7.62. The number of hydrogen-bond donors (Lipinski definition) is 1. The van der Waals surface area contributed by atoms with Crippen LogP contribution in [0.3, 0.4) is 0 Å². The molecule has 0 aromatic heterocycles. The molecule has 0 heterocycles. The van der Waals surface area contributed by atoms with Crippen LogP contribution >= 0.6 is 0 Å². The standard InChI is InChI=1S/C10H15NO/c1-3-11(4-2)9-7-5-6-8-10(9)12/h5-8,12H,3-4H2,1-2H3. The second-order valence-corrected chi connectivity index (χ2v) is 2.66. The Hall–Kier alpha value is -1.18. The molecule has 0 spiro atoms. The van der Waals surface area contributed by atoms with Crippen LogP contribution in [-0.4, -0.2) is 18.2 Å². The number of rotatable bonds is 3. The van der Waals surface area contributed by atoms with Crippen molar-refractivity contribution < 1.29 is 5.11 Å². The van der Waals surface area contributed by atoms with Gasteiger partial charge in [-0.1, -0.05) is 12.1 Å². The van der Waals surface area contributed by atoms with Crippen molar-refractivity contribution in [3.8, 4) is 5.75 Å². The summed E-state index contributed by atoms with van der Waals surface area (Å²) in [5.74, 6) is 0.362. The van der Waals surface area contributed by atoms with Crippen molar-refractivity contribution >= 4 is 5.69 Å². The number of phenols is 1. The minimum Gasteiger partial charge on any atom is -0.506 e. The van der Waals surface area contributed by atoms with Gasteiger partial charge in [-0.25, -0.2) is 0 Å². The highest BCUT2D eigenvalue weighted by atomic mass is 16.3. The monoisotopic (exact) mass is 165 g/mol. The van der Waals surface area contributed by atoms with Crippen LogP contribution in [0.25, 0.3) is 0 Å². The van der Waals surface area contributed by atoms with Gasteiger partial charge in [-0.05, 0) is 26.0 Å². The fraction of sp³-hybridized carbons (Fsp3) is 0.400. The molecule has 2 heteroatoms. The fourth-order valence-electron chi connectivity index (χ4n) is 1.30. The molecule has 0 saturated carbocycles. The van der Waals surface area contributed by atoms with Crippen LogP contribution in [0.2, 0.25) is 0 Å². The molecule has 66 valence electrons. The summed E-state index contributed by atoms with van der Waals surface area (Å²) in [7, 11) is 0. The Kier molecular flexibility index (Phi) is 2.97. The second-order valence-electron chi connectivity index (χ2n) is 2.66. The van der Waals surface area contributed by atoms with E-state index in [0.717, 1.165) is 18.8 Å². The first kappa shape index (κ1) is 8.91. The highest BCUT2D eigenvalue weighted by Crippen LogP contribution is 2.25. The molecule has 0 aliphatic rings.